The highest BCUT2D eigenvalue weighted by atomic mass is 16.5. The predicted octanol–water partition coefficient (Wildman–Crippen LogP) is 0.952. The second kappa shape index (κ2) is 10.4. The Morgan fingerprint density at radius 1 is 1.26 bits per heavy atom. The van der Waals surface area contributed by atoms with Crippen LogP contribution in [0.5, 0.6) is 0 Å². The summed E-state index contributed by atoms with van der Waals surface area (Å²) in [6, 6.07) is 6.57. The van der Waals surface area contributed by atoms with Crippen LogP contribution in [0, 0.1) is 12.8 Å². The van der Waals surface area contributed by atoms with Crippen LogP contribution in [0.3, 0.4) is 0 Å². The van der Waals surface area contributed by atoms with Crippen molar-refractivity contribution >= 4 is 11.9 Å². The molecular weight excluding hydrogens is 398 g/mol. The number of aromatic nitrogens is 3. The van der Waals surface area contributed by atoms with E-state index in [1.54, 1.807) is 9.25 Å². The number of ether oxygens (including phenoxy) is 1. The summed E-state index contributed by atoms with van der Waals surface area (Å²) in [5.41, 5.74) is 1.41. The number of amides is 1. The zero-order valence-electron chi connectivity index (χ0n) is 18.4. The minimum absolute atomic E-state index is 0.148. The lowest BCUT2D eigenvalue weighted by molar-refractivity contribution is -0.144. The number of nitrogens with one attached hydrogen (secondary N) is 2. The van der Waals surface area contributed by atoms with Crippen LogP contribution in [0.2, 0.25) is 0 Å². The van der Waals surface area contributed by atoms with E-state index in [9.17, 15) is 14.4 Å². The zero-order chi connectivity index (χ0) is 22.4. The third-order valence-electron chi connectivity index (χ3n) is 5.71. The van der Waals surface area contributed by atoms with Crippen molar-refractivity contribution in [3.8, 4) is 5.69 Å². The molecule has 0 saturated carbocycles. The first-order valence-electron chi connectivity index (χ1n) is 10.7. The average Bonchev–Trinajstić information content (AvgIpc) is 3.05. The van der Waals surface area contributed by atoms with Crippen LogP contribution in [0.25, 0.3) is 5.69 Å². The van der Waals surface area contributed by atoms with E-state index in [2.05, 4.69) is 15.7 Å². The quantitative estimate of drug-likeness (QED) is 0.605. The van der Waals surface area contributed by atoms with Gasteiger partial charge < -0.3 is 15.4 Å². The molecule has 9 nitrogen and oxygen atoms in total. The van der Waals surface area contributed by atoms with Crippen molar-refractivity contribution in [3.05, 3.63) is 46.1 Å². The highest BCUT2D eigenvalue weighted by Crippen LogP contribution is 2.17. The van der Waals surface area contributed by atoms with Crippen LogP contribution in [-0.2, 0) is 27.3 Å². The van der Waals surface area contributed by atoms with Crippen molar-refractivity contribution in [3.63, 3.8) is 0 Å². The number of aryl methyl sites for hydroxylation is 2. The van der Waals surface area contributed by atoms with Gasteiger partial charge in [0.2, 0.25) is 5.91 Å². The number of benzene rings is 1. The van der Waals surface area contributed by atoms with E-state index in [1.807, 2.05) is 31.2 Å². The van der Waals surface area contributed by atoms with E-state index in [-0.39, 0.29) is 11.6 Å². The van der Waals surface area contributed by atoms with Crippen LogP contribution in [0.4, 0.5) is 0 Å². The van der Waals surface area contributed by atoms with Gasteiger partial charge in [-0.05, 0) is 62.9 Å². The van der Waals surface area contributed by atoms with E-state index >= 15 is 0 Å². The molecule has 0 aliphatic carbocycles. The van der Waals surface area contributed by atoms with Gasteiger partial charge in [0.05, 0.1) is 12.8 Å². The molecule has 168 valence electrons. The second-order valence-corrected chi connectivity index (χ2v) is 8.02. The monoisotopic (exact) mass is 429 g/mol. The van der Waals surface area contributed by atoms with Crippen molar-refractivity contribution in [1.29, 1.82) is 0 Å². The number of hydrogen-bond acceptors (Lipinski definition) is 6. The van der Waals surface area contributed by atoms with Crippen molar-refractivity contribution in [2.45, 2.75) is 52.1 Å². The fraction of sp³-hybridized carbons (Fsp3) is 0.545. The Kier molecular flexibility index (Phi) is 7.62. The summed E-state index contributed by atoms with van der Waals surface area (Å²) >= 11 is 0. The lowest BCUT2D eigenvalue weighted by Crippen LogP contribution is -2.41. The van der Waals surface area contributed by atoms with E-state index in [0.29, 0.717) is 30.4 Å². The number of methoxy groups -OCH3 is 1. The first-order chi connectivity index (χ1) is 14.9. The van der Waals surface area contributed by atoms with E-state index in [0.717, 1.165) is 37.9 Å². The summed E-state index contributed by atoms with van der Waals surface area (Å²) in [5.74, 6) is 0.463. The van der Waals surface area contributed by atoms with Gasteiger partial charge in [0, 0.05) is 19.9 Å². The molecule has 2 N–H and O–H groups in total. The largest absolute Gasteiger partial charge is 0.467 e. The van der Waals surface area contributed by atoms with Crippen molar-refractivity contribution < 1.29 is 14.3 Å². The topological polar surface area (TPSA) is 107 Å². The summed E-state index contributed by atoms with van der Waals surface area (Å²) in [4.78, 5) is 36.2. The maximum atomic E-state index is 12.9. The minimum Gasteiger partial charge on any atom is -0.467 e. The number of carbonyl (C=O) groups excluding carboxylic acids is 2. The van der Waals surface area contributed by atoms with Crippen LogP contribution in [-0.4, -0.2) is 52.5 Å². The molecule has 0 spiro atoms. The van der Waals surface area contributed by atoms with Gasteiger partial charge in [-0.25, -0.2) is 18.8 Å². The van der Waals surface area contributed by atoms with Crippen molar-refractivity contribution in [2.75, 3.05) is 20.2 Å². The Morgan fingerprint density at radius 2 is 1.94 bits per heavy atom. The Morgan fingerprint density at radius 3 is 2.55 bits per heavy atom. The summed E-state index contributed by atoms with van der Waals surface area (Å²) in [6.07, 6.45) is 3.53. The molecule has 0 radical (unpaired) electrons. The third-order valence-corrected chi connectivity index (χ3v) is 5.71. The second-order valence-electron chi connectivity index (χ2n) is 8.02. The van der Waals surface area contributed by atoms with Crippen LogP contribution >= 0.6 is 0 Å². The Labute approximate surface area is 181 Å². The highest BCUT2D eigenvalue weighted by molar-refractivity contribution is 5.83. The molecule has 1 atom stereocenters. The number of piperidine rings is 1. The van der Waals surface area contributed by atoms with Crippen molar-refractivity contribution in [1.82, 2.24) is 25.0 Å². The molecule has 1 aromatic carbocycles. The van der Waals surface area contributed by atoms with Crippen LogP contribution < -0.4 is 16.3 Å². The summed E-state index contributed by atoms with van der Waals surface area (Å²) in [6.45, 7) is 5.88. The number of hydrogen-bond donors (Lipinski definition) is 2. The zero-order valence-corrected chi connectivity index (χ0v) is 18.4. The first-order valence-corrected chi connectivity index (χ1v) is 10.7. The number of carbonyl (C=O) groups is 2. The van der Waals surface area contributed by atoms with E-state index in [1.165, 1.54) is 14.0 Å². The average molecular weight is 430 g/mol. The molecular formula is C22H31N5O4. The lowest BCUT2D eigenvalue weighted by Gasteiger charge is -2.22. The minimum atomic E-state index is -0.754. The van der Waals surface area contributed by atoms with Gasteiger partial charge in [-0.2, -0.15) is 5.10 Å². The van der Waals surface area contributed by atoms with Crippen LogP contribution in [0.15, 0.2) is 29.1 Å². The summed E-state index contributed by atoms with van der Waals surface area (Å²) < 4.78 is 7.91. The molecule has 9 heteroatoms. The Balaban J connectivity index is 1.71. The third kappa shape index (κ3) is 5.81. The molecule has 2 aromatic rings. The molecule has 3 rings (SSSR count). The SMILES string of the molecule is COC(=O)C(Cc1ccc(-n2c(C)nn(CCC3CCNCC3)c2=O)cc1)NC(C)=O. The molecule has 1 aromatic heterocycles. The fourth-order valence-electron chi connectivity index (χ4n) is 4.03. The fourth-order valence-corrected chi connectivity index (χ4v) is 4.03. The molecule has 1 aliphatic heterocycles. The van der Waals surface area contributed by atoms with E-state index in [4.69, 9.17) is 4.74 Å². The van der Waals surface area contributed by atoms with Gasteiger partial charge in [0.25, 0.3) is 0 Å². The number of nitrogens with zero attached hydrogens (tertiary/aromatic N) is 3. The molecule has 1 aliphatic rings. The van der Waals surface area contributed by atoms with E-state index < -0.39 is 12.0 Å². The Hall–Kier alpha value is -2.94. The maximum Gasteiger partial charge on any atom is 0.350 e. The predicted molar refractivity (Wildman–Crippen MR) is 116 cm³/mol. The lowest BCUT2D eigenvalue weighted by atomic mass is 9.95. The molecule has 1 amide bonds. The molecule has 1 saturated heterocycles. The normalized spacial score (nSPS) is 15.5. The number of rotatable bonds is 8. The summed E-state index contributed by atoms with van der Waals surface area (Å²) in [5, 5.41) is 10.4. The highest BCUT2D eigenvalue weighted by Gasteiger charge is 2.21. The first kappa shape index (κ1) is 22.7. The van der Waals surface area contributed by atoms with Gasteiger partial charge in [-0.15, -0.1) is 0 Å². The molecule has 1 fully saturated rings. The van der Waals surface area contributed by atoms with Crippen LogP contribution in [0.1, 0.15) is 37.6 Å². The molecule has 0 bridgehead atoms. The number of esters is 1. The van der Waals surface area contributed by atoms with Gasteiger partial charge in [0.15, 0.2) is 0 Å². The maximum absolute atomic E-state index is 12.9. The standard InChI is InChI=1S/C22H31N5O4/c1-15-25-26(13-10-17-8-11-23-12-9-17)22(30)27(15)19-6-4-18(5-7-19)14-20(21(29)31-3)24-16(2)28/h4-7,17,20,23H,8-14H2,1-3H3,(H,24,28). The molecule has 1 unspecified atom stereocenters. The van der Waals surface area contributed by atoms with Gasteiger partial charge >= 0.3 is 11.7 Å². The molecule has 31 heavy (non-hydrogen) atoms. The summed E-state index contributed by atoms with van der Waals surface area (Å²) in [7, 11) is 1.29. The Bertz CT molecular complexity index is 957. The van der Waals surface area contributed by atoms with Crippen molar-refractivity contribution in [2.24, 2.45) is 5.92 Å². The van der Waals surface area contributed by atoms with Gasteiger partial charge in [0.1, 0.15) is 11.9 Å². The smallest absolute Gasteiger partial charge is 0.350 e. The molecule has 2 heterocycles. The van der Waals surface area contributed by atoms with Gasteiger partial charge in [-0.1, -0.05) is 12.1 Å². The van der Waals surface area contributed by atoms with Gasteiger partial charge in [-0.3, -0.25) is 4.79 Å².